The summed E-state index contributed by atoms with van der Waals surface area (Å²) in [5.74, 6) is 0.820. The lowest BCUT2D eigenvalue weighted by Crippen LogP contribution is -2.53. The molecule has 1 saturated heterocycles. The second-order valence-corrected chi connectivity index (χ2v) is 6.21. The van der Waals surface area contributed by atoms with Gasteiger partial charge in [-0.25, -0.2) is 0 Å². The molecule has 0 N–H and O–H groups in total. The molecule has 1 saturated carbocycles. The van der Waals surface area contributed by atoms with E-state index in [1.165, 1.54) is 45.1 Å². The fraction of sp³-hybridized carbons (Fsp3) is 1.00. The molecular formula is C14H26BrNO. The second-order valence-electron chi connectivity index (χ2n) is 5.56. The molecule has 0 bridgehead atoms. The van der Waals surface area contributed by atoms with Gasteiger partial charge in [0.2, 0.25) is 0 Å². The Balaban J connectivity index is 1.89. The molecule has 3 unspecified atom stereocenters. The molecule has 3 atom stereocenters. The molecule has 2 rings (SSSR count). The van der Waals surface area contributed by atoms with E-state index in [2.05, 4.69) is 27.8 Å². The van der Waals surface area contributed by atoms with Crippen LogP contribution in [0.5, 0.6) is 0 Å². The number of alkyl halides is 1. The smallest absolute Gasteiger partial charge is 0.0730 e. The molecule has 2 aliphatic rings. The first kappa shape index (κ1) is 13.8. The van der Waals surface area contributed by atoms with Crippen molar-refractivity contribution in [3.63, 3.8) is 0 Å². The fourth-order valence-corrected chi connectivity index (χ4v) is 3.89. The lowest BCUT2D eigenvalue weighted by molar-refractivity contribution is -0.0914. The lowest BCUT2D eigenvalue weighted by Gasteiger charge is -2.45. The Hall–Kier alpha value is 0.400. The standard InChI is InChI=1S/C14H26BrNO/c1-2-5-12(10-15)11-16-8-9-17-14-7-4-3-6-13(14)16/h12-14H,2-11H2,1H3. The topological polar surface area (TPSA) is 12.5 Å². The highest BCUT2D eigenvalue weighted by Crippen LogP contribution is 2.29. The van der Waals surface area contributed by atoms with E-state index in [0.717, 1.165) is 30.4 Å². The SMILES string of the molecule is CCCC(CBr)CN1CCOC2CCCCC21. The molecule has 1 heterocycles. The quantitative estimate of drug-likeness (QED) is 0.721. The summed E-state index contributed by atoms with van der Waals surface area (Å²) < 4.78 is 5.93. The van der Waals surface area contributed by atoms with Gasteiger partial charge >= 0.3 is 0 Å². The number of nitrogens with zero attached hydrogens (tertiary/aromatic N) is 1. The van der Waals surface area contributed by atoms with E-state index in [9.17, 15) is 0 Å². The third kappa shape index (κ3) is 3.68. The van der Waals surface area contributed by atoms with Gasteiger partial charge in [0.05, 0.1) is 12.7 Å². The van der Waals surface area contributed by atoms with E-state index in [-0.39, 0.29) is 0 Å². The Morgan fingerprint density at radius 2 is 2.18 bits per heavy atom. The maximum atomic E-state index is 5.93. The summed E-state index contributed by atoms with van der Waals surface area (Å²) >= 11 is 3.67. The van der Waals surface area contributed by atoms with Gasteiger partial charge in [-0.1, -0.05) is 42.1 Å². The maximum Gasteiger partial charge on any atom is 0.0730 e. The maximum absolute atomic E-state index is 5.93. The zero-order valence-electron chi connectivity index (χ0n) is 11.0. The van der Waals surface area contributed by atoms with Crippen LogP contribution in [0.4, 0.5) is 0 Å². The summed E-state index contributed by atoms with van der Waals surface area (Å²) in [6.07, 6.45) is 8.59. The van der Waals surface area contributed by atoms with E-state index < -0.39 is 0 Å². The summed E-state index contributed by atoms with van der Waals surface area (Å²) in [6.45, 7) is 5.65. The van der Waals surface area contributed by atoms with E-state index in [1.807, 2.05) is 0 Å². The Bertz CT molecular complexity index is 222. The van der Waals surface area contributed by atoms with E-state index in [1.54, 1.807) is 0 Å². The number of morpholine rings is 1. The molecular weight excluding hydrogens is 278 g/mol. The van der Waals surface area contributed by atoms with Crippen molar-refractivity contribution in [2.45, 2.75) is 57.6 Å². The lowest BCUT2D eigenvalue weighted by atomic mass is 9.89. The van der Waals surface area contributed by atoms with Gasteiger partial charge in [-0.05, 0) is 25.2 Å². The molecule has 100 valence electrons. The third-order valence-electron chi connectivity index (χ3n) is 4.25. The van der Waals surface area contributed by atoms with Crippen molar-refractivity contribution in [2.75, 3.05) is 25.0 Å². The van der Waals surface area contributed by atoms with Gasteiger partial charge in [-0.2, -0.15) is 0 Å². The molecule has 0 aromatic rings. The summed E-state index contributed by atoms with van der Waals surface area (Å²) in [5.41, 5.74) is 0. The number of hydrogen-bond donors (Lipinski definition) is 0. The number of rotatable bonds is 5. The van der Waals surface area contributed by atoms with Crippen LogP contribution in [0.15, 0.2) is 0 Å². The number of halogens is 1. The van der Waals surface area contributed by atoms with Crippen molar-refractivity contribution >= 4 is 15.9 Å². The molecule has 0 aromatic carbocycles. The van der Waals surface area contributed by atoms with Gasteiger partial charge in [0.25, 0.3) is 0 Å². The zero-order valence-corrected chi connectivity index (χ0v) is 12.6. The van der Waals surface area contributed by atoms with Crippen LogP contribution < -0.4 is 0 Å². The monoisotopic (exact) mass is 303 g/mol. The molecule has 2 fully saturated rings. The van der Waals surface area contributed by atoms with Gasteiger partial charge in [-0.15, -0.1) is 0 Å². The normalized spacial score (nSPS) is 32.1. The predicted octanol–water partition coefficient (Wildman–Crippen LogP) is 3.44. The molecule has 0 radical (unpaired) electrons. The van der Waals surface area contributed by atoms with Gasteiger partial charge in [0.1, 0.15) is 0 Å². The van der Waals surface area contributed by atoms with Crippen molar-refractivity contribution < 1.29 is 4.74 Å². The molecule has 2 nitrogen and oxygen atoms in total. The van der Waals surface area contributed by atoms with Crippen molar-refractivity contribution in [3.8, 4) is 0 Å². The summed E-state index contributed by atoms with van der Waals surface area (Å²) in [7, 11) is 0. The minimum Gasteiger partial charge on any atom is -0.375 e. The van der Waals surface area contributed by atoms with Crippen LogP contribution in [0.2, 0.25) is 0 Å². The summed E-state index contributed by atoms with van der Waals surface area (Å²) in [4.78, 5) is 2.72. The second kappa shape index (κ2) is 7.10. The fourth-order valence-electron chi connectivity index (χ4n) is 3.36. The molecule has 17 heavy (non-hydrogen) atoms. The average molecular weight is 304 g/mol. The average Bonchev–Trinajstić information content (AvgIpc) is 2.38. The minimum atomic E-state index is 0.537. The molecule has 1 aliphatic heterocycles. The van der Waals surface area contributed by atoms with Crippen LogP contribution in [0, 0.1) is 5.92 Å². The first-order chi connectivity index (χ1) is 8.35. The zero-order chi connectivity index (χ0) is 12.1. The first-order valence-corrected chi connectivity index (χ1v) is 8.39. The van der Waals surface area contributed by atoms with Crippen LogP contribution >= 0.6 is 15.9 Å². The highest BCUT2D eigenvalue weighted by Gasteiger charge is 2.34. The van der Waals surface area contributed by atoms with Crippen molar-refractivity contribution in [3.05, 3.63) is 0 Å². The Morgan fingerprint density at radius 3 is 2.94 bits per heavy atom. The molecule has 3 heteroatoms. The van der Waals surface area contributed by atoms with Crippen molar-refractivity contribution in [2.24, 2.45) is 5.92 Å². The Labute approximate surface area is 114 Å². The first-order valence-electron chi connectivity index (χ1n) is 7.26. The van der Waals surface area contributed by atoms with E-state index in [0.29, 0.717) is 6.10 Å². The molecule has 0 spiro atoms. The number of fused-ring (bicyclic) bond motifs is 1. The minimum absolute atomic E-state index is 0.537. The number of ether oxygens (including phenoxy) is 1. The third-order valence-corrected chi connectivity index (χ3v) is 5.17. The van der Waals surface area contributed by atoms with Crippen LogP contribution in [-0.4, -0.2) is 42.1 Å². The van der Waals surface area contributed by atoms with Gasteiger partial charge in [-0.3, -0.25) is 4.90 Å². The van der Waals surface area contributed by atoms with Crippen LogP contribution in [0.1, 0.15) is 45.4 Å². The molecule has 1 aliphatic carbocycles. The number of hydrogen-bond acceptors (Lipinski definition) is 2. The predicted molar refractivity (Wildman–Crippen MR) is 75.8 cm³/mol. The highest BCUT2D eigenvalue weighted by molar-refractivity contribution is 9.09. The highest BCUT2D eigenvalue weighted by atomic mass is 79.9. The van der Waals surface area contributed by atoms with E-state index >= 15 is 0 Å². The molecule has 0 aromatic heterocycles. The van der Waals surface area contributed by atoms with Gasteiger partial charge in [0, 0.05) is 24.5 Å². The summed E-state index contributed by atoms with van der Waals surface area (Å²) in [5, 5.41) is 1.15. The van der Waals surface area contributed by atoms with Crippen LogP contribution in [0.25, 0.3) is 0 Å². The summed E-state index contributed by atoms with van der Waals surface area (Å²) in [6, 6.07) is 0.718. The van der Waals surface area contributed by atoms with Gasteiger partial charge < -0.3 is 4.74 Å². The van der Waals surface area contributed by atoms with Crippen molar-refractivity contribution in [1.82, 2.24) is 4.90 Å². The largest absolute Gasteiger partial charge is 0.375 e. The van der Waals surface area contributed by atoms with E-state index in [4.69, 9.17) is 4.74 Å². The van der Waals surface area contributed by atoms with Crippen LogP contribution in [0.3, 0.4) is 0 Å². The Morgan fingerprint density at radius 1 is 1.35 bits per heavy atom. The van der Waals surface area contributed by atoms with Crippen LogP contribution in [-0.2, 0) is 4.74 Å². The Kier molecular flexibility index (Phi) is 5.78. The molecule has 0 amide bonds. The van der Waals surface area contributed by atoms with Gasteiger partial charge in [0.15, 0.2) is 0 Å². The van der Waals surface area contributed by atoms with Crippen molar-refractivity contribution in [1.29, 1.82) is 0 Å².